The first-order chi connectivity index (χ1) is 9.93. The summed E-state index contributed by atoms with van der Waals surface area (Å²) >= 11 is 0. The fourth-order valence-corrected chi connectivity index (χ4v) is 2.65. The molecule has 114 valence electrons. The summed E-state index contributed by atoms with van der Waals surface area (Å²) in [6.45, 7) is 0.552. The molecule has 7 heteroatoms. The normalized spacial score (nSPS) is 19.6. The van der Waals surface area contributed by atoms with Crippen molar-refractivity contribution in [2.75, 3.05) is 13.6 Å². The van der Waals surface area contributed by atoms with Crippen LogP contribution in [0.15, 0.2) is 18.2 Å². The minimum atomic E-state index is -0.606. The zero-order chi connectivity index (χ0) is 15.6. The van der Waals surface area contributed by atoms with Gasteiger partial charge in [0.2, 0.25) is 0 Å². The predicted molar refractivity (Wildman–Crippen MR) is 75.3 cm³/mol. The highest BCUT2D eigenvalue weighted by molar-refractivity contribution is 5.80. The number of nitrogens with zero attached hydrogens (tertiary/aromatic N) is 2. The lowest BCUT2D eigenvalue weighted by Gasteiger charge is -2.40. The van der Waals surface area contributed by atoms with Crippen LogP contribution >= 0.6 is 0 Å². The number of benzene rings is 1. The maximum Gasteiger partial charge on any atom is 0.329 e. The Kier molecular flexibility index (Phi) is 4.54. The van der Waals surface area contributed by atoms with Crippen molar-refractivity contribution in [3.8, 4) is 0 Å². The number of nitrogens with two attached hydrogens (primary N) is 2. The highest BCUT2D eigenvalue weighted by atomic mass is 19.1. The molecule has 6 nitrogen and oxygen atoms in total. The second kappa shape index (κ2) is 6.19. The van der Waals surface area contributed by atoms with Gasteiger partial charge in [-0.3, -0.25) is 9.80 Å². The number of ketones is 1. The molecule has 1 aromatic carbocycles. The van der Waals surface area contributed by atoms with Crippen molar-refractivity contribution >= 4 is 11.8 Å². The summed E-state index contributed by atoms with van der Waals surface area (Å²) in [5, 5.41) is 3.02. The third-order valence-corrected chi connectivity index (χ3v) is 3.79. The van der Waals surface area contributed by atoms with Gasteiger partial charge in [-0.2, -0.15) is 0 Å². The molecular weight excluding hydrogens is 275 g/mol. The molecule has 1 aromatic rings. The predicted octanol–water partition coefficient (Wildman–Crippen LogP) is 0.916. The van der Waals surface area contributed by atoms with Gasteiger partial charge in [0.05, 0.1) is 6.04 Å². The monoisotopic (exact) mass is 294 g/mol. The number of urea groups is 1. The quantitative estimate of drug-likeness (QED) is 0.867. The van der Waals surface area contributed by atoms with E-state index in [0.717, 1.165) is 5.56 Å². The third kappa shape index (κ3) is 3.20. The van der Waals surface area contributed by atoms with Crippen LogP contribution in [0, 0.1) is 5.82 Å². The van der Waals surface area contributed by atoms with Crippen molar-refractivity contribution in [1.82, 2.24) is 10.0 Å². The Bertz CT molecular complexity index is 564. The molecule has 0 saturated carbocycles. The number of amides is 2. The van der Waals surface area contributed by atoms with Gasteiger partial charge in [-0.1, -0.05) is 6.07 Å². The number of primary amides is 1. The van der Waals surface area contributed by atoms with E-state index in [-0.39, 0.29) is 30.6 Å². The van der Waals surface area contributed by atoms with E-state index >= 15 is 0 Å². The standard InChI is InChI=1S/C14H19FN4O2/c1-18(14(17)21)19-5-4-11(20)7-13(19)12-3-2-10(15)6-9(12)8-16/h2-3,6,13H,4-5,7-8,16H2,1H3,(H2,17,21). The van der Waals surface area contributed by atoms with Gasteiger partial charge in [-0.05, 0) is 23.3 Å². The summed E-state index contributed by atoms with van der Waals surface area (Å²) in [4.78, 5) is 23.2. The van der Waals surface area contributed by atoms with Crippen molar-refractivity contribution in [2.45, 2.75) is 25.4 Å². The van der Waals surface area contributed by atoms with Gasteiger partial charge in [-0.25, -0.2) is 14.2 Å². The Morgan fingerprint density at radius 3 is 2.86 bits per heavy atom. The van der Waals surface area contributed by atoms with E-state index in [9.17, 15) is 14.0 Å². The lowest BCUT2D eigenvalue weighted by atomic mass is 9.92. The fraction of sp³-hybridized carbons (Fsp3) is 0.429. The van der Waals surface area contributed by atoms with Gasteiger partial charge in [0.1, 0.15) is 11.6 Å². The molecule has 1 aliphatic heterocycles. The number of carbonyl (C=O) groups is 2. The number of hydrogen-bond donors (Lipinski definition) is 2. The summed E-state index contributed by atoms with van der Waals surface area (Å²) in [5.74, 6) is -0.280. The van der Waals surface area contributed by atoms with Crippen molar-refractivity contribution in [3.05, 3.63) is 35.1 Å². The zero-order valence-corrected chi connectivity index (χ0v) is 11.9. The van der Waals surface area contributed by atoms with Crippen molar-refractivity contribution in [2.24, 2.45) is 11.5 Å². The molecule has 0 aromatic heterocycles. The minimum Gasteiger partial charge on any atom is -0.350 e. The zero-order valence-electron chi connectivity index (χ0n) is 11.9. The molecule has 1 fully saturated rings. The summed E-state index contributed by atoms with van der Waals surface area (Å²) in [7, 11) is 1.55. The summed E-state index contributed by atoms with van der Waals surface area (Å²) < 4.78 is 13.3. The topological polar surface area (TPSA) is 92.7 Å². The van der Waals surface area contributed by atoms with Gasteiger partial charge in [0, 0.05) is 33.0 Å². The fourth-order valence-electron chi connectivity index (χ4n) is 2.65. The third-order valence-electron chi connectivity index (χ3n) is 3.79. The lowest BCUT2D eigenvalue weighted by Crippen LogP contribution is -2.51. The Morgan fingerprint density at radius 2 is 2.24 bits per heavy atom. The maximum atomic E-state index is 13.3. The SMILES string of the molecule is CN(C(N)=O)N1CCC(=O)CC1c1ccc(F)cc1CN. The Balaban J connectivity index is 2.40. The van der Waals surface area contributed by atoms with E-state index in [1.165, 1.54) is 17.1 Å². The van der Waals surface area contributed by atoms with Gasteiger partial charge < -0.3 is 11.5 Å². The number of piperidine rings is 1. The number of hydrazine groups is 1. The van der Waals surface area contributed by atoms with E-state index < -0.39 is 6.03 Å². The second-order valence-electron chi connectivity index (χ2n) is 5.08. The molecule has 1 unspecified atom stereocenters. The van der Waals surface area contributed by atoms with E-state index in [4.69, 9.17) is 11.5 Å². The van der Waals surface area contributed by atoms with Crippen LogP contribution in [0.1, 0.15) is 30.0 Å². The van der Waals surface area contributed by atoms with Crippen LogP contribution in [0.25, 0.3) is 0 Å². The van der Waals surface area contributed by atoms with E-state index in [0.29, 0.717) is 18.5 Å². The number of rotatable bonds is 3. The molecule has 21 heavy (non-hydrogen) atoms. The highest BCUT2D eigenvalue weighted by Crippen LogP contribution is 2.32. The second-order valence-corrected chi connectivity index (χ2v) is 5.08. The molecule has 1 aliphatic rings. The molecule has 0 bridgehead atoms. The number of hydrogen-bond acceptors (Lipinski definition) is 4. The average molecular weight is 294 g/mol. The van der Waals surface area contributed by atoms with Crippen molar-refractivity contribution in [3.63, 3.8) is 0 Å². The summed E-state index contributed by atoms with van der Waals surface area (Å²) in [6.07, 6.45) is 0.601. The maximum absolute atomic E-state index is 13.3. The van der Waals surface area contributed by atoms with Gasteiger partial charge >= 0.3 is 6.03 Å². The van der Waals surface area contributed by atoms with Crippen LogP contribution in [0.2, 0.25) is 0 Å². The molecule has 0 spiro atoms. The number of halogens is 1. The molecule has 2 amide bonds. The molecular formula is C14H19FN4O2. The Hall–Kier alpha value is -1.99. The van der Waals surface area contributed by atoms with Crippen LogP contribution in [0.5, 0.6) is 0 Å². The molecule has 1 atom stereocenters. The first-order valence-corrected chi connectivity index (χ1v) is 6.74. The minimum absolute atomic E-state index is 0.0985. The van der Waals surface area contributed by atoms with Crippen LogP contribution in [-0.4, -0.2) is 35.4 Å². The van der Waals surface area contributed by atoms with Crippen LogP contribution in [0.3, 0.4) is 0 Å². The first-order valence-electron chi connectivity index (χ1n) is 6.74. The Morgan fingerprint density at radius 1 is 1.52 bits per heavy atom. The molecule has 0 radical (unpaired) electrons. The van der Waals surface area contributed by atoms with Gasteiger partial charge in [-0.15, -0.1) is 0 Å². The van der Waals surface area contributed by atoms with E-state index in [1.807, 2.05) is 0 Å². The lowest BCUT2D eigenvalue weighted by molar-refractivity contribution is -0.128. The van der Waals surface area contributed by atoms with Crippen molar-refractivity contribution in [1.29, 1.82) is 0 Å². The molecule has 1 heterocycles. The van der Waals surface area contributed by atoms with Gasteiger partial charge in [0.25, 0.3) is 0 Å². The largest absolute Gasteiger partial charge is 0.350 e. The number of carbonyl (C=O) groups excluding carboxylic acids is 2. The van der Waals surface area contributed by atoms with Crippen LogP contribution < -0.4 is 11.5 Å². The molecule has 1 saturated heterocycles. The van der Waals surface area contributed by atoms with Crippen LogP contribution in [0.4, 0.5) is 9.18 Å². The van der Waals surface area contributed by atoms with E-state index in [1.54, 1.807) is 18.1 Å². The molecule has 4 N–H and O–H groups in total. The Labute approximate surface area is 122 Å². The van der Waals surface area contributed by atoms with Crippen molar-refractivity contribution < 1.29 is 14.0 Å². The number of Topliss-reactive ketones (excluding diaryl/α,β-unsaturated/α-hetero) is 1. The van der Waals surface area contributed by atoms with E-state index in [2.05, 4.69) is 0 Å². The van der Waals surface area contributed by atoms with Gasteiger partial charge in [0.15, 0.2) is 0 Å². The first kappa shape index (κ1) is 15.4. The molecule has 2 rings (SSSR count). The summed E-state index contributed by atoms with van der Waals surface area (Å²) in [5.41, 5.74) is 12.4. The smallest absolute Gasteiger partial charge is 0.329 e. The highest BCUT2D eigenvalue weighted by Gasteiger charge is 2.33. The average Bonchev–Trinajstić information content (AvgIpc) is 2.46. The molecule has 0 aliphatic carbocycles. The summed E-state index contributed by atoms with van der Waals surface area (Å²) in [6, 6.07) is 3.34. The van der Waals surface area contributed by atoms with Crippen LogP contribution in [-0.2, 0) is 11.3 Å².